The van der Waals surface area contributed by atoms with Gasteiger partial charge in [0.1, 0.15) is 18.0 Å². The van der Waals surface area contributed by atoms with E-state index in [4.69, 9.17) is 24.7 Å². The molecule has 5 rings (SSSR count). The Morgan fingerprint density at radius 1 is 1.39 bits per heavy atom. The molecule has 0 bridgehead atoms. The maximum absolute atomic E-state index is 14.8. The molecule has 0 saturated heterocycles. The number of thioether (sulfide) groups is 1. The second kappa shape index (κ2) is 10.5. The lowest BCUT2D eigenvalue weighted by Crippen LogP contribution is -2.33. The van der Waals surface area contributed by atoms with Crippen LogP contribution in [-0.2, 0) is 4.74 Å². The Morgan fingerprint density at radius 2 is 2.22 bits per heavy atom. The van der Waals surface area contributed by atoms with E-state index < -0.39 is 114 Å². The minimum atomic E-state index is -4.45. The first-order valence-electron chi connectivity index (χ1n) is 19.2. The molecule has 2 aliphatic carbocycles. The zero-order valence-electron chi connectivity index (χ0n) is 36.6. The fourth-order valence-electron chi connectivity index (χ4n) is 3.28. The Hall–Kier alpha value is -2.38. The first kappa shape index (κ1) is 11.6. The van der Waals surface area contributed by atoms with E-state index in [1.54, 1.807) is 0 Å². The van der Waals surface area contributed by atoms with Gasteiger partial charge in [-0.2, -0.15) is 0 Å². The Kier molecular flexibility index (Phi) is 3.39. The molecule has 6 atom stereocenters. The van der Waals surface area contributed by atoms with Gasteiger partial charge in [0.25, 0.3) is 0 Å². The van der Waals surface area contributed by atoms with Crippen LogP contribution in [0, 0.1) is 12.7 Å². The van der Waals surface area contributed by atoms with E-state index in [0.29, 0.717) is 0 Å². The monoisotopic (exact) mass is 536 g/mol. The maximum atomic E-state index is 14.8. The molecule has 3 aromatic rings. The van der Waals surface area contributed by atoms with Gasteiger partial charge in [-0.3, -0.25) is 0 Å². The Morgan fingerprint density at radius 3 is 3.00 bits per heavy atom. The summed E-state index contributed by atoms with van der Waals surface area (Å²) in [7, 11) is 0. The smallest absolute Gasteiger partial charge is 0.191 e. The maximum Gasteiger partial charge on any atom is 0.191 e. The van der Waals surface area contributed by atoms with Gasteiger partial charge in [0.2, 0.25) is 0 Å². The molecule has 0 unspecified atom stereocenters. The van der Waals surface area contributed by atoms with Crippen LogP contribution in [0.3, 0.4) is 0 Å². The van der Waals surface area contributed by atoms with Crippen LogP contribution < -0.4 is 5.32 Å². The molecule has 2 aliphatic rings. The number of anilines is 1. The van der Waals surface area contributed by atoms with Crippen molar-refractivity contribution in [3.8, 4) is 0 Å². The van der Waals surface area contributed by atoms with Crippen molar-refractivity contribution >= 4 is 28.7 Å². The number of aliphatic hydroxyl groups is 3. The van der Waals surface area contributed by atoms with Crippen molar-refractivity contribution in [2.24, 2.45) is 0 Å². The standard InChI is InChI=1S/C24H31FN6O4S/c1-3-8-36-24-27-22(26-16-10-14(16)13-5-4-12(2)15(25)9-13)19-23(28-24)31(30-29-19)17-11-18(35-7-6-32)21(34)20(17)33/h4-5,9,14,16-18,20-21,32-34H,3,6-8,10-11H2,1-2H3,(H,26,27,28)/t14-,16+,17+,18-,20-,21+/m0/s1/i3D2,4D,5D,6D2,7D2,8D2,9D,11D2,16D,17D,18D,20D,21D. The number of nitrogens with one attached hydrogen (secondary N) is 1. The van der Waals surface area contributed by atoms with Gasteiger partial charge in [0, 0.05) is 32.2 Å². The summed E-state index contributed by atoms with van der Waals surface area (Å²) in [6.45, 7) is -6.17. The average molecular weight is 537 g/mol. The number of hydrogen-bond donors (Lipinski definition) is 4. The highest BCUT2D eigenvalue weighted by atomic mass is 32.2. The van der Waals surface area contributed by atoms with Gasteiger partial charge < -0.3 is 25.4 Å². The minimum Gasteiger partial charge on any atom is -0.394 e. The number of hydrogen-bond acceptors (Lipinski definition) is 10. The Bertz CT molecular complexity index is 2020. The largest absolute Gasteiger partial charge is 0.394 e. The highest BCUT2D eigenvalue weighted by Gasteiger charge is 2.45. The predicted molar refractivity (Wildman–Crippen MR) is 133 cm³/mol. The van der Waals surface area contributed by atoms with Crippen molar-refractivity contribution in [1.82, 2.24) is 25.0 Å². The lowest BCUT2D eigenvalue weighted by molar-refractivity contribution is -0.0629. The molecule has 0 radical (unpaired) electrons. The summed E-state index contributed by atoms with van der Waals surface area (Å²) in [5.74, 6) is -2.90. The minimum absolute atomic E-state index is 0.000559. The van der Waals surface area contributed by atoms with Crippen molar-refractivity contribution in [3.05, 3.63) is 35.1 Å². The number of nitrogens with zero attached hydrogens (tertiary/aromatic N) is 5. The van der Waals surface area contributed by atoms with Gasteiger partial charge >= 0.3 is 0 Å². The van der Waals surface area contributed by atoms with Crippen molar-refractivity contribution in [1.29, 1.82) is 0 Å². The van der Waals surface area contributed by atoms with Crippen LogP contribution in [-0.4, -0.2) is 83.4 Å². The SMILES string of the molecule is [2H]c1c([2H])c([C@@H]2C[C@@]2([2H])Nc2nc(SC([2H])([2H])C([2H])([2H])C)nc3c2nnn3[C@]2([2H])C([2H])([2H])[C@]([2H])(OC([2H])([2H])C([2H])([2H])O)[C@@]([2H])(O)[C@@]2([2H])O)c([2H])c(F)c1C. The molecule has 0 spiro atoms. The molecule has 10 nitrogen and oxygen atoms in total. The molecule has 36 heavy (non-hydrogen) atoms. The lowest BCUT2D eigenvalue weighted by Gasteiger charge is -2.17. The van der Waals surface area contributed by atoms with E-state index in [1.807, 2.05) is 0 Å². The summed E-state index contributed by atoms with van der Waals surface area (Å²) in [6, 6.07) is -7.94. The molecular formula is C24H31FN6O4S. The van der Waals surface area contributed by atoms with E-state index in [9.17, 15) is 19.7 Å². The first-order valence-corrected chi connectivity index (χ1v) is 11.0. The number of aromatic nitrogens is 5. The predicted octanol–water partition coefficient (Wildman–Crippen LogP) is 2.18. The van der Waals surface area contributed by atoms with E-state index in [2.05, 4.69) is 30.3 Å². The van der Waals surface area contributed by atoms with Gasteiger partial charge in [-0.1, -0.05) is 36.0 Å². The number of ether oxygens (including phenoxy) is 1. The third-order valence-electron chi connectivity index (χ3n) is 5.10. The number of fused-ring (bicyclic) bond motifs is 1. The molecule has 2 saturated carbocycles. The number of benzene rings is 1. The van der Waals surface area contributed by atoms with Crippen LogP contribution in [0.2, 0.25) is 0 Å². The van der Waals surface area contributed by atoms with E-state index >= 15 is 0 Å². The van der Waals surface area contributed by atoms with Gasteiger partial charge in [-0.15, -0.1) is 5.10 Å². The van der Waals surface area contributed by atoms with Crippen molar-refractivity contribution < 1.29 is 49.1 Å². The molecule has 2 heterocycles. The fourth-order valence-corrected chi connectivity index (χ4v) is 3.74. The second-order valence-corrected chi connectivity index (χ2v) is 8.21. The van der Waals surface area contributed by atoms with Crippen LogP contribution in [0.25, 0.3) is 11.2 Å². The van der Waals surface area contributed by atoms with Crippen molar-refractivity contribution in [2.45, 2.75) is 74.4 Å². The summed E-state index contributed by atoms with van der Waals surface area (Å²) in [5.41, 5.74) is -5.13. The Balaban J connectivity index is 1.73. The highest BCUT2D eigenvalue weighted by molar-refractivity contribution is 7.99. The lowest BCUT2D eigenvalue weighted by atomic mass is 10.1. The third-order valence-corrected chi connectivity index (χ3v) is 5.77. The molecule has 4 N–H and O–H groups in total. The quantitative estimate of drug-likeness (QED) is 0.225. The summed E-state index contributed by atoms with van der Waals surface area (Å²) in [4.78, 5) is 8.04. The van der Waals surface area contributed by atoms with Gasteiger partial charge in [0.15, 0.2) is 22.1 Å². The van der Waals surface area contributed by atoms with Gasteiger partial charge in [-0.05, 0) is 36.9 Å². The molecule has 1 aromatic carbocycles. The number of rotatable bonds is 10. The van der Waals surface area contributed by atoms with Crippen molar-refractivity contribution in [3.63, 3.8) is 0 Å². The normalized spacial score (nSPS) is 48.1. The van der Waals surface area contributed by atoms with Gasteiger partial charge in [0.05, 0.1) is 41.7 Å². The number of halogens is 1. The molecule has 2 fully saturated rings. The molecule has 194 valence electrons. The van der Waals surface area contributed by atoms with E-state index in [1.165, 1.54) is 6.92 Å². The summed E-state index contributed by atoms with van der Waals surface area (Å²) >= 11 is -0.000559. The molecule has 12 heteroatoms. The van der Waals surface area contributed by atoms with Crippen LogP contribution >= 0.6 is 11.8 Å². The molecule has 2 aromatic heterocycles. The second-order valence-electron chi connectivity index (χ2n) is 7.43. The van der Waals surface area contributed by atoms with Gasteiger partial charge in [-0.25, -0.2) is 19.0 Å². The summed E-state index contributed by atoms with van der Waals surface area (Å²) in [5, 5.41) is 41.1. The highest BCUT2D eigenvalue weighted by Crippen LogP contribution is 2.44. The van der Waals surface area contributed by atoms with Crippen LogP contribution in [0.4, 0.5) is 10.2 Å². The molecular weight excluding hydrogens is 487 g/mol. The summed E-state index contributed by atoms with van der Waals surface area (Å²) in [6.07, 6.45) is -20.3. The van der Waals surface area contributed by atoms with E-state index in [-0.39, 0.29) is 34.0 Å². The topological polar surface area (TPSA) is 138 Å². The third kappa shape index (κ3) is 4.92. The molecule has 0 aliphatic heterocycles. The van der Waals surface area contributed by atoms with Crippen molar-refractivity contribution in [2.75, 3.05) is 24.1 Å². The average Bonchev–Trinajstić information content (AvgIpc) is 3.43. The van der Waals surface area contributed by atoms with Crippen LogP contribution in [0.15, 0.2) is 23.3 Å². The van der Waals surface area contributed by atoms with E-state index in [0.717, 1.165) is 6.92 Å². The Labute approximate surface area is 237 Å². The first-order chi connectivity index (χ1) is 24.0. The van der Waals surface area contributed by atoms with Crippen LogP contribution in [0.1, 0.15) is 73.8 Å². The molecule has 0 amide bonds. The van der Waals surface area contributed by atoms with Crippen LogP contribution in [0.5, 0.6) is 0 Å². The summed E-state index contributed by atoms with van der Waals surface area (Å²) < 4.78 is 167. The zero-order valence-corrected chi connectivity index (χ0v) is 19.4. The zero-order chi connectivity index (χ0) is 41.6. The fraction of sp³-hybridized carbons (Fsp3) is 0.583.